The molecule has 1 N–H and O–H groups in total. The van der Waals surface area contributed by atoms with E-state index in [0.29, 0.717) is 24.7 Å². The zero-order valence-corrected chi connectivity index (χ0v) is 17.9. The highest BCUT2D eigenvalue weighted by molar-refractivity contribution is 5.44. The fraction of sp³-hybridized carbons (Fsp3) is 0.360. The summed E-state index contributed by atoms with van der Waals surface area (Å²) in [6, 6.07) is 15.6. The fourth-order valence-electron chi connectivity index (χ4n) is 4.38. The summed E-state index contributed by atoms with van der Waals surface area (Å²) in [7, 11) is 0. The van der Waals surface area contributed by atoms with Crippen LogP contribution in [0.3, 0.4) is 0 Å². The number of phenolic OH excluding ortho intramolecular Hbond substituents is 1. The fourth-order valence-corrected chi connectivity index (χ4v) is 4.38. The van der Waals surface area contributed by atoms with Crippen LogP contribution < -0.4 is 9.64 Å². The van der Waals surface area contributed by atoms with Gasteiger partial charge in [0, 0.05) is 44.7 Å². The molecule has 160 valence electrons. The average molecular weight is 417 g/mol. The maximum atomic E-state index is 10.2. The molecule has 0 atom stereocenters. The van der Waals surface area contributed by atoms with E-state index in [1.165, 1.54) is 12.8 Å². The van der Waals surface area contributed by atoms with Crippen LogP contribution in [0.15, 0.2) is 48.5 Å². The molecule has 0 saturated carbocycles. The molecule has 0 unspecified atom stereocenters. The first-order valence-electron chi connectivity index (χ1n) is 11.0. The molecular formula is C25H28N4O2. The molecule has 0 spiro atoms. The van der Waals surface area contributed by atoms with Crippen molar-refractivity contribution < 1.29 is 9.84 Å². The zero-order chi connectivity index (χ0) is 21.2. The van der Waals surface area contributed by atoms with Crippen LogP contribution in [-0.2, 0) is 19.5 Å². The van der Waals surface area contributed by atoms with Gasteiger partial charge < -0.3 is 14.7 Å². The van der Waals surface area contributed by atoms with E-state index in [-0.39, 0.29) is 0 Å². The van der Waals surface area contributed by atoms with Crippen LogP contribution in [0.4, 0.5) is 5.95 Å². The van der Waals surface area contributed by atoms with Crippen LogP contribution >= 0.6 is 0 Å². The maximum absolute atomic E-state index is 10.2. The van der Waals surface area contributed by atoms with Crippen molar-refractivity contribution in [3.8, 4) is 17.4 Å². The molecule has 2 aliphatic rings. The van der Waals surface area contributed by atoms with Crippen LogP contribution in [0.1, 0.15) is 35.2 Å². The van der Waals surface area contributed by atoms with Crippen molar-refractivity contribution in [3.63, 3.8) is 0 Å². The number of aromatic hydroxyl groups is 1. The Bertz CT molecular complexity index is 1080. The van der Waals surface area contributed by atoms with Crippen molar-refractivity contribution in [3.05, 3.63) is 70.9 Å². The van der Waals surface area contributed by atoms with Crippen LogP contribution in [0, 0.1) is 6.92 Å². The number of phenols is 1. The van der Waals surface area contributed by atoms with Gasteiger partial charge in [0.25, 0.3) is 0 Å². The number of aryl methyl sites for hydroxylation is 1. The molecule has 31 heavy (non-hydrogen) atoms. The molecule has 2 aliphatic heterocycles. The van der Waals surface area contributed by atoms with Gasteiger partial charge in [0.2, 0.25) is 11.8 Å². The minimum Gasteiger partial charge on any atom is -0.508 e. The van der Waals surface area contributed by atoms with Gasteiger partial charge in [0.05, 0.1) is 11.3 Å². The Kier molecular flexibility index (Phi) is 5.47. The van der Waals surface area contributed by atoms with Gasteiger partial charge in [-0.15, -0.1) is 0 Å². The van der Waals surface area contributed by atoms with Crippen LogP contribution in [0.5, 0.6) is 17.4 Å². The Labute approximate surface area is 183 Å². The van der Waals surface area contributed by atoms with Crippen LogP contribution in [0.2, 0.25) is 0 Å². The lowest BCUT2D eigenvalue weighted by Gasteiger charge is -2.30. The van der Waals surface area contributed by atoms with Crippen molar-refractivity contribution in [1.29, 1.82) is 0 Å². The van der Waals surface area contributed by atoms with Gasteiger partial charge in [-0.05, 0) is 43.5 Å². The Morgan fingerprint density at radius 3 is 2.65 bits per heavy atom. The minimum atomic E-state index is 0.338. The monoisotopic (exact) mass is 416 g/mol. The number of ether oxygens (including phenoxy) is 1. The number of anilines is 1. The lowest BCUT2D eigenvalue weighted by Crippen LogP contribution is -2.32. The second kappa shape index (κ2) is 8.55. The topological polar surface area (TPSA) is 61.7 Å². The van der Waals surface area contributed by atoms with Crippen LogP contribution in [-0.4, -0.2) is 39.6 Å². The predicted molar refractivity (Wildman–Crippen MR) is 121 cm³/mol. The quantitative estimate of drug-likeness (QED) is 0.663. The Morgan fingerprint density at radius 1 is 1.00 bits per heavy atom. The predicted octanol–water partition coefficient (Wildman–Crippen LogP) is 4.44. The summed E-state index contributed by atoms with van der Waals surface area (Å²) in [5.74, 6) is 2.57. The van der Waals surface area contributed by atoms with E-state index in [4.69, 9.17) is 14.7 Å². The van der Waals surface area contributed by atoms with E-state index >= 15 is 0 Å². The van der Waals surface area contributed by atoms with Gasteiger partial charge in [-0.3, -0.25) is 4.90 Å². The van der Waals surface area contributed by atoms with Crippen molar-refractivity contribution in [2.45, 2.75) is 39.3 Å². The van der Waals surface area contributed by atoms with Gasteiger partial charge >= 0.3 is 0 Å². The van der Waals surface area contributed by atoms with E-state index in [1.54, 1.807) is 6.07 Å². The zero-order valence-electron chi connectivity index (χ0n) is 17.9. The summed E-state index contributed by atoms with van der Waals surface area (Å²) in [6.07, 6.45) is 3.21. The summed E-state index contributed by atoms with van der Waals surface area (Å²) in [6.45, 7) is 6.34. The molecule has 3 heterocycles. The Balaban J connectivity index is 1.46. The third-order valence-corrected chi connectivity index (χ3v) is 6.07. The number of hydrogen-bond donors (Lipinski definition) is 1. The molecular weight excluding hydrogens is 388 g/mol. The molecule has 0 amide bonds. The van der Waals surface area contributed by atoms with Gasteiger partial charge in [-0.2, -0.15) is 4.98 Å². The number of para-hydroxylation sites is 1. The maximum Gasteiger partial charge on any atom is 0.228 e. The highest BCUT2D eigenvalue weighted by Crippen LogP contribution is 2.33. The van der Waals surface area contributed by atoms with Crippen molar-refractivity contribution >= 4 is 5.95 Å². The molecule has 6 heteroatoms. The van der Waals surface area contributed by atoms with Crippen molar-refractivity contribution in [2.24, 2.45) is 0 Å². The average Bonchev–Trinajstić information content (AvgIpc) is 3.31. The summed E-state index contributed by atoms with van der Waals surface area (Å²) in [4.78, 5) is 14.4. The van der Waals surface area contributed by atoms with E-state index in [2.05, 4.69) is 22.8 Å². The molecule has 2 aromatic carbocycles. The van der Waals surface area contributed by atoms with E-state index in [1.807, 2.05) is 36.4 Å². The normalized spacial score (nSPS) is 16.4. The van der Waals surface area contributed by atoms with Gasteiger partial charge in [0.15, 0.2) is 0 Å². The van der Waals surface area contributed by atoms with Crippen molar-refractivity contribution in [1.82, 2.24) is 14.9 Å². The number of hydrogen-bond acceptors (Lipinski definition) is 6. The number of aromatic nitrogens is 2. The number of nitrogens with zero attached hydrogens (tertiary/aromatic N) is 4. The van der Waals surface area contributed by atoms with Crippen molar-refractivity contribution in [2.75, 3.05) is 24.5 Å². The number of fused-ring (bicyclic) bond motifs is 1. The molecule has 0 radical (unpaired) electrons. The summed E-state index contributed by atoms with van der Waals surface area (Å²) in [5.41, 5.74) is 4.21. The molecule has 5 rings (SSSR count). The van der Waals surface area contributed by atoms with E-state index in [0.717, 1.165) is 60.1 Å². The Morgan fingerprint density at radius 2 is 1.84 bits per heavy atom. The third kappa shape index (κ3) is 4.35. The van der Waals surface area contributed by atoms with Crippen LogP contribution in [0.25, 0.3) is 0 Å². The summed E-state index contributed by atoms with van der Waals surface area (Å²) in [5, 5.41) is 10.2. The molecule has 0 bridgehead atoms. The minimum absolute atomic E-state index is 0.338. The molecule has 6 nitrogen and oxygen atoms in total. The molecule has 1 saturated heterocycles. The Hall–Kier alpha value is -3.12. The lowest BCUT2D eigenvalue weighted by atomic mass is 10.1. The summed E-state index contributed by atoms with van der Waals surface area (Å²) < 4.78 is 6.33. The second-order valence-electron chi connectivity index (χ2n) is 8.46. The summed E-state index contributed by atoms with van der Waals surface area (Å²) >= 11 is 0. The molecule has 1 aromatic heterocycles. The lowest BCUT2D eigenvalue weighted by molar-refractivity contribution is 0.235. The smallest absolute Gasteiger partial charge is 0.228 e. The second-order valence-corrected chi connectivity index (χ2v) is 8.46. The first-order chi connectivity index (χ1) is 15.2. The first-order valence-corrected chi connectivity index (χ1v) is 11.0. The highest BCUT2D eigenvalue weighted by Gasteiger charge is 2.26. The first kappa shape index (κ1) is 19.8. The molecule has 1 fully saturated rings. The number of rotatable bonds is 5. The molecule has 0 aliphatic carbocycles. The number of benzene rings is 2. The van der Waals surface area contributed by atoms with Gasteiger partial charge in [-0.25, -0.2) is 4.98 Å². The highest BCUT2D eigenvalue weighted by atomic mass is 16.5. The largest absolute Gasteiger partial charge is 0.508 e. The van der Waals surface area contributed by atoms with E-state index in [9.17, 15) is 5.11 Å². The van der Waals surface area contributed by atoms with Gasteiger partial charge in [-0.1, -0.05) is 30.3 Å². The standard InChI is InChI=1S/C25H28N4O2/c1-18-7-6-9-20(15-18)31-24-21-17-28(16-19-8-2-3-10-23(19)30)14-11-22(21)26-25(27-24)29-12-4-5-13-29/h2-3,6-10,15,30H,4-5,11-14,16-17H2,1H3. The molecule has 3 aromatic rings. The SMILES string of the molecule is Cc1cccc(Oc2nc(N3CCCC3)nc3c2CN(Cc2ccccc2O)CC3)c1. The third-order valence-electron chi connectivity index (χ3n) is 6.07. The van der Waals surface area contributed by atoms with Gasteiger partial charge in [0.1, 0.15) is 11.5 Å². The van der Waals surface area contributed by atoms with E-state index < -0.39 is 0 Å².